The minimum absolute atomic E-state index is 0.353. The van der Waals surface area contributed by atoms with Gasteiger partial charge in [0.05, 0.1) is 12.2 Å². The van der Waals surface area contributed by atoms with E-state index in [-0.39, 0.29) is 5.97 Å². The third kappa shape index (κ3) is 4.47. The van der Waals surface area contributed by atoms with Gasteiger partial charge in [0.1, 0.15) is 0 Å². The highest BCUT2D eigenvalue weighted by molar-refractivity contribution is 5.96. The smallest absolute Gasteiger partial charge is 0.340 e. The van der Waals surface area contributed by atoms with Crippen LogP contribution >= 0.6 is 0 Å². The molecule has 0 saturated carbocycles. The Kier molecular flexibility index (Phi) is 5.67. The van der Waals surface area contributed by atoms with E-state index in [1.165, 1.54) is 0 Å². The van der Waals surface area contributed by atoms with Gasteiger partial charge in [-0.1, -0.05) is 13.8 Å². The van der Waals surface area contributed by atoms with Crippen LogP contribution < -0.4 is 10.6 Å². The first-order chi connectivity index (χ1) is 8.95. The lowest BCUT2D eigenvalue weighted by atomic mass is 10.1. The van der Waals surface area contributed by atoms with Crippen LogP contribution in [0.1, 0.15) is 37.6 Å². The van der Waals surface area contributed by atoms with Crippen molar-refractivity contribution in [3.8, 4) is 0 Å². The van der Waals surface area contributed by atoms with E-state index >= 15 is 0 Å². The standard InChI is InChI=1S/C15H24N2O2/c1-5-19-15(18)13-10-12(6-7-14(13)16)17(4)9-8-11(2)3/h6-7,10-11H,5,8-9,16H2,1-4H3. The first-order valence-corrected chi connectivity index (χ1v) is 6.73. The van der Waals surface area contributed by atoms with Crippen molar-refractivity contribution in [2.24, 2.45) is 5.92 Å². The van der Waals surface area contributed by atoms with Crippen LogP contribution in [0.5, 0.6) is 0 Å². The second kappa shape index (κ2) is 7.02. The minimum atomic E-state index is -0.362. The number of esters is 1. The molecule has 0 saturated heterocycles. The second-order valence-corrected chi connectivity index (χ2v) is 5.10. The fraction of sp³-hybridized carbons (Fsp3) is 0.533. The van der Waals surface area contributed by atoms with Crippen molar-refractivity contribution in [3.05, 3.63) is 23.8 Å². The van der Waals surface area contributed by atoms with Gasteiger partial charge in [-0.05, 0) is 37.5 Å². The van der Waals surface area contributed by atoms with Crippen LogP contribution in [0.2, 0.25) is 0 Å². The summed E-state index contributed by atoms with van der Waals surface area (Å²) < 4.78 is 5.00. The molecule has 0 radical (unpaired) electrons. The third-order valence-corrected chi connectivity index (χ3v) is 3.01. The Labute approximate surface area is 115 Å². The average Bonchev–Trinajstić information content (AvgIpc) is 2.36. The number of hydrogen-bond acceptors (Lipinski definition) is 4. The van der Waals surface area contributed by atoms with Crippen LogP contribution in [0.3, 0.4) is 0 Å². The molecule has 0 bridgehead atoms. The molecule has 0 aromatic heterocycles. The Morgan fingerprint density at radius 2 is 2.11 bits per heavy atom. The van der Waals surface area contributed by atoms with Gasteiger partial charge in [-0.25, -0.2) is 4.79 Å². The van der Waals surface area contributed by atoms with Gasteiger partial charge in [-0.15, -0.1) is 0 Å². The molecule has 1 rings (SSSR count). The molecule has 0 fully saturated rings. The summed E-state index contributed by atoms with van der Waals surface area (Å²) in [5.41, 5.74) is 7.71. The summed E-state index contributed by atoms with van der Waals surface area (Å²) in [5.74, 6) is 0.292. The quantitative estimate of drug-likeness (QED) is 0.634. The van der Waals surface area contributed by atoms with Crippen molar-refractivity contribution in [1.82, 2.24) is 0 Å². The van der Waals surface area contributed by atoms with Gasteiger partial charge in [-0.2, -0.15) is 0 Å². The molecule has 19 heavy (non-hydrogen) atoms. The zero-order chi connectivity index (χ0) is 14.4. The van der Waals surface area contributed by atoms with Gasteiger partial charge in [0.15, 0.2) is 0 Å². The van der Waals surface area contributed by atoms with E-state index in [1.807, 2.05) is 13.1 Å². The van der Waals surface area contributed by atoms with E-state index in [9.17, 15) is 4.79 Å². The summed E-state index contributed by atoms with van der Waals surface area (Å²) in [4.78, 5) is 13.9. The Bertz CT molecular complexity index is 430. The van der Waals surface area contributed by atoms with Crippen LogP contribution in [0.25, 0.3) is 0 Å². The van der Waals surface area contributed by atoms with Crippen LogP contribution in [-0.2, 0) is 4.74 Å². The van der Waals surface area contributed by atoms with Gasteiger partial charge in [0.2, 0.25) is 0 Å². The molecule has 0 atom stereocenters. The van der Waals surface area contributed by atoms with Crippen molar-refractivity contribution in [2.75, 3.05) is 30.8 Å². The van der Waals surface area contributed by atoms with Crippen LogP contribution in [0, 0.1) is 5.92 Å². The fourth-order valence-corrected chi connectivity index (χ4v) is 1.75. The first-order valence-electron chi connectivity index (χ1n) is 6.73. The number of benzene rings is 1. The molecule has 4 nitrogen and oxygen atoms in total. The van der Waals surface area contributed by atoms with E-state index in [0.29, 0.717) is 23.8 Å². The molecule has 0 spiro atoms. The molecule has 0 unspecified atom stereocenters. The Morgan fingerprint density at radius 1 is 1.42 bits per heavy atom. The molecule has 2 N–H and O–H groups in total. The zero-order valence-corrected chi connectivity index (χ0v) is 12.3. The van der Waals surface area contributed by atoms with Crippen LogP contribution in [0.15, 0.2) is 18.2 Å². The highest BCUT2D eigenvalue weighted by atomic mass is 16.5. The monoisotopic (exact) mass is 264 g/mol. The molecule has 0 heterocycles. The van der Waals surface area contributed by atoms with Crippen molar-refractivity contribution >= 4 is 17.3 Å². The molecule has 4 heteroatoms. The predicted octanol–water partition coefficient (Wildman–Crippen LogP) is 2.93. The van der Waals surface area contributed by atoms with Crippen LogP contribution in [0.4, 0.5) is 11.4 Å². The topological polar surface area (TPSA) is 55.6 Å². The normalized spacial score (nSPS) is 10.6. The molecule has 1 aromatic rings. The van der Waals surface area contributed by atoms with Crippen molar-refractivity contribution in [2.45, 2.75) is 27.2 Å². The zero-order valence-electron chi connectivity index (χ0n) is 12.3. The first kappa shape index (κ1) is 15.3. The van der Waals surface area contributed by atoms with E-state index < -0.39 is 0 Å². The van der Waals surface area contributed by atoms with Gasteiger partial charge < -0.3 is 15.4 Å². The number of ether oxygens (including phenoxy) is 1. The highest BCUT2D eigenvalue weighted by Crippen LogP contribution is 2.22. The molecule has 0 aliphatic carbocycles. The van der Waals surface area contributed by atoms with Gasteiger partial charge in [0, 0.05) is 25.0 Å². The number of rotatable bonds is 6. The summed E-state index contributed by atoms with van der Waals surface area (Å²) in [6.07, 6.45) is 1.11. The second-order valence-electron chi connectivity index (χ2n) is 5.10. The predicted molar refractivity (Wildman–Crippen MR) is 79.5 cm³/mol. The molecule has 0 aliphatic heterocycles. The van der Waals surface area contributed by atoms with Gasteiger partial charge >= 0.3 is 5.97 Å². The van der Waals surface area contributed by atoms with Crippen molar-refractivity contribution < 1.29 is 9.53 Å². The number of nitrogens with zero attached hydrogens (tertiary/aromatic N) is 1. The van der Waals surface area contributed by atoms with E-state index in [0.717, 1.165) is 18.7 Å². The maximum atomic E-state index is 11.8. The lowest BCUT2D eigenvalue weighted by Gasteiger charge is -2.21. The number of nitrogens with two attached hydrogens (primary N) is 1. The number of nitrogen functional groups attached to an aromatic ring is 1. The summed E-state index contributed by atoms with van der Waals surface area (Å²) >= 11 is 0. The van der Waals surface area contributed by atoms with Gasteiger partial charge in [0.25, 0.3) is 0 Å². The molecule has 0 amide bonds. The minimum Gasteiger partial charge on any atom is -0.462 e. The maximum Gasteiger partial charge on any atom is 0.340 e. The summed E-state index contributed by atoms with van der Waals surface area (Å²) in [6, 6.07) is 5.49. The lowest BCUT2D eigenvalue weighted by molar-refractivity contribution is 0.0527. The number of anilines is 2. The SMILES string of the molecule is CCOC(=O)c1cc(N(C)CCC(C)C)ccc1N. The summed E-state index contributed by atoms with van der Waals surface area (Å²) in [5, 5.41) is 0. The average molecular weight is 264 g/mol. The fourth-order valence-electron chi connectivity index (χ4n) is 1.75. The van der Waals surface area contributed by atoms with Gasteiger partial charge in [-0.3, -0.25) is 0 Å². The largest absolute Gasteiger partial charge is 0.462 e. The lowest BCUT2D eigenvalue weighted by Crippen LogP contribution is -2.20. The highest BCUT2D eigenvalue weighted by Gasteiger charge is 2.13. The Balaban J connectivity index is 2.86. The summed E-state index contributed by atoms with van der Waals surface area (Å²) in [7, 11) is 2.02. The third-order valence-electron chi connectivity index (χ3n) is 3.01. The van der Waals surface area contributed by atoms with Crippen LogP contribution in [-0.4, -0.2) is 26.2 Å². The number of carbonyl (C=O) groups is 1. The van der Waals surface area contributed by atoms with Crippen molar-refractivity contribution in [3.63, 3.8) is 0 Å². The van der Waals surface area contributed by atoms with E-state index in [2.05, 4.69) is 18.7 Å². The van der Waals surface area contributed by atoms with Crippen molar-refractivity contribution in [1.29, 1.82) is 0 Å². The number of hydrogen-bond donors (Lipinski definition) is 1. The summed E-state index contributed by atoms with van der Waals surface area (Å²) in [6.45, 7) is 7.48. The maximum absolute atomic E-state index is 11.8. The molecule has 0 aliphatic rings. The molecule has 1 aromatic carbocycles. The Morgan fingerprint density at radius 3 is 2.68 bits per heavy atom. The molecular weight excluding hydrogens is 240 g/mol. The van der Waals surface area contributed by atoms with E-state index in [1.54, 1.807) is 19.1 Å². The number of carbonyl (C=O) groups excluding carboxylic acids is 1. The Hall–Kier alpha value is -1.71. The van der Waals surface area contributed by atoms with E-state index in [4.69, 9.17) is 10.5 Å². The molecular formula is C15H24N2O2. The molecule has 106 valence electrons.